The number of carbonyl (C=O) groups is 5. The summed E-state index contributed by atoms with van der Waals surface area (Å²) in [5.41, 5.74) is 3.65. The number of carbonyl (C=O) groups excluding carboxylic acids is 5. The van der Waals surface area contributed by atoms with Gasteiger partial charge in [-0.2, -0.15) is 0 Å². The van der Waals surface area contributed by atoms with Gasteiger partial charge in [0.05, 0.1) is 40.5 Å². The minimum absolute atomic E-state index is 0.0197. The topological polar surface area (TPSA) is 230 Å². The average Bonchev–Trinajstić information content (AvgIpc) is 3.97. The second-order valence-electron chi connectivity index (χ2n) is 18.6. The number of esters is 1. The van der Waals surface area contributed by atoms with Crippen molar-refractivity contribution in [2.45, 2.75) is 84.8 Å². The molecule has 3 aromatic carbocycles. The van der Waals surface area contributed by atoms with Crippen LogP contribution in [0.5, 0.6) is 17.2 Å². The molecule has 18 heteroatoms. The first-order valence-electron chi connectivity index (χ1n) is 24.2. The number of aromatic nitrogens is 4. The van der Waals surface area contributed by atoms with Crippen molar-refractivity contribution in [2.24, 2.45) is 17.8 Å². The fraction of sp³-hybridized carbons (Fsp3) is 0.423. The van der Waals surface area contributed by atoms with Crippen LogP contribution in [0.2, 0.25) is 0 Å². The van der Waals surface area contributed by atoms with Gasteiger partial charge >= 0.3 is 12.1 Å². The lowest BCUT2D eigenvalue weighted by Gasteiger charge is -2.44. The van der Waals surface area contributed by atoms with Gasteiger partial charge in [0.2, 0.25) is 11.7 Å². The van der Waals surface area contributed by atoms with E-state index < -0.39 is 41.3 Å². The van der Waals surface area contributed by atoms with E-state index in [0.717, 1.165) is 60.2 Å². The van der Waals surface area contributed by atoms with E-state index in [-0.39, 0.29) is 59.1 Å². The number of aliphatic hydroxyl groups is 1. The lowest BCUT2D eigenvalue weighted by Crippen LogP contribution is -2.58. The summed E-state index contributed by atoms with van der Waals surface area (Å²) in [5, 5.41) is 45.1. The van der Waals surface area contributed by atoms with E-state index in [1.807, 2.05) is 50.3 Å². The van der Waals surface area contributed by atoms with Crippen molar-refractivity contribution in [3.8, 4) is 34.3 Å². The van der Waals surface area contributed by atoms with Gasteiger partial charge in [0.25, 0.3) is 11.8 Å². The third kappa shape index (κ3) is 8.47. The smallest absolute Gasteiger partial charge is 0.415 e. The second kappa shape index (κ2) is 19.2. The number of ether oxygens (including phenoxy) is 2. The van der Waals surface area contributed by atoms with E-state index in [1.54, 1.807) is 42.8 Å². The quantitative estimate of drug-likeness (QED) is 0.0971. The number of hydrogen-bond acceptors (Lipinski definition) is 13. The lowest BCUT2D eigenvalue weighted by atomic mass is 9.72. The highest BCUT2D eigenvalue weighted by Crippen LogP contribution is 2.47. The number of unbranched alkanes of at least 4 members (excludes halogenated alkanes) is 1. The molecule has 4 aliphatic heterocycles. The molecule has 4 aliphatic rings. The van der Waals surface area contributed by atoms with Crippen molar-refractivity contribution < 1.29 is 48.8 Å². The summed E-state index contributed by atoms with van der Waals surface area (Å²) in [5.74, 6) is -3.22. The Morgan fingerprint density at radius 2 is 1.73 bits per heavy atom. The maximum atomic E-state index is 13.8. The Labute approximate surface area is 404 Å². The molecule has 366 valence electrons. The molecule has 0 saturated carbocycles. The van der Waals surface area contributed by atoms with Gasteiger partial charge in [-0.1, -0.05) is 45.4 Å². The van der Waals surface area contributed by atoms with E-state index >= 15 is 0 Å². The van der Waals surface area contributed by atoms with Gasteiger partial charge < -0.3 is 44.8 Å². The molecule has 0 radical (unpaired) electrons. The number of nitrogens with zero attached hydrogens (tertiary/aromatic N) is 7. The third-order valence-corrected chi connectivity index (χ3v) is 14.4. The predicted molar refractivity (Wildman–Crippen MR) is 257 cm³/mol. The van der Waals surface area contributed by atoms with Gasteiger partial charge in [-0.3, -0.25) is 19.0 Å². The molecule has 0 spiro atoms. The highest BCUT2D eigenvalue weighted by Gasteiger charge is 2.56. The van der Waals surface area contributed by atoms with Crippen LogP contribution in [0.3, 0.4) is 0 Å². The molecule has 0 aliphatic carbocycles. The summed E-state index contributed by atoms with van der Waals surface area (Å²) in [6, 6.07) is 15.4. The molecular weight excluding hydrogens is 897 g/mol. The van der Waals surface area contributed by atoms with Crippen molar-refractivity contribution in [3.05, 3.63) is 94.4 Å². The summed E-state index contributed by atoms with van der Waals surface area (Å²) in [6.07, 6.45) is 6.01. The maximum absolute atomic E-state index is 13.8. The molecule has 3 unspecified atom stereocenters. The number of nitrogens with one attached hydrogen (secondary N) is 1. The molecule has 0 bridgehead atoms. The summed E-state index contributed by atoms with van der Waals surface area (Å²) < 4.78 is 12.8. The molecule has 70 heavy (non-hydrogen) atoms. The monoisotopic (exact) mass is 954 g/mol. The van der Waals surface area contributed by atoms with Crippen LogP contribution in [0.1, 0.15) is 103 Å². The summed E-state index contributed by atoms with van der Waals surface area (Å²) >= 11 is 0. The first-order chi connectivity index (χ1) is 33.7. The van der Waals surface area contributed by atoms with Crippen LogP contribution >= 0.6 is 0 Å². The maximum Gasteiger partial charge on any atom is 0.415 e. The molecule has 4 N–H and O–H groups in total. The molecule has 3 atom stereocenters. The minimum atomic E-state index is -1.80. The average molecular weight is 955 g/mol. The summed E-state index contributed by atoms with van der Waals surface area (Å²) in [7, 11) is 1.65. The van der Waals surface area contributed by atoms with Gasteiger partial charge in [-0.25, -0.2) is 14.6 Å². The van der Waals surface area contributed by atoms with E-state index in [2.05, 4.69) is 15.5 Å². The van der Waals surface area contributed by atoms with Gasteiger partial charge in [0.15, 0.2) is 11.4 Å². The third-order valence-electron chi connectivity index (χ3n) is 14.4. The number of phenols is 2. The van der Waals surface area contributed by atoms with Crippen LogP contribution in [-0.2, 0) is 33.7 Å². The van der Waals surface area contributed by atoms with Crippen LogP contribution in [0, 0.1) is 17.8 Å². The molecule has 6 heterocycles. The highest BCUT2D eigenvalue weighted by atomic mass is 16.6. The zero-order valence-electron chi connectivity index (χ0n) is 40.0. The number of benzene rings is 3. The van der Waals surface area contributed by atoms with Crippen molar-refractivity contribution in [2.75, 3.05) is 39.8 Å². The molecule has 4 amide bonds. The van der Waals surface area contributed by atoms with Gasteiger partial charge in [0, 0.05) is 61.8 Å². The Kier molecular flexibility index (Phi) is 13.1. The first-order valence-corrected chi connectivity index (χ1v) is 24.2. The number of cyclic esters (lactones) is 1. The molecule has 2 fully saturated rings. The van der Waals surface area contributed by atoms with Crippen LogP contribution in [0.4, 0.5) is 4.79 Å². The molecule has 9 rings (SSSR count). The zero-order chi connectivity index (χ0) is 49.6. The van der Waals surface area contributed by atoms with E-state index in [4.69, 9.17) is 14.5 Å². The van der Waals surface area contributed by atoms with E-state index in [9.17, 15) is 39.3 Å². The number of aryl methyl sites for hydroxylation is 1. The van der Waals surface area contributed by atoms with Crippen molar-refractivity contribution >= 4 is 46.4 Å². The largest absolute Gasteiger partial charge is 0.507 e. The number of amides is 4. The molecule has 18 nitrogen and oxygen atoms in total. The standard InChI is InChI=1S/C52H58N8O10/c1-6-10-19-57(5)48(64)36-24-35(42(61)26-43(36)62)45-55-56-46(47(63)53-9-4)60(45)31-13-11-29(12-14-31)22-30-17-20-58(21-18-30)51(67)70-32-15-16-40-34(23-32)33(7-2)37-27-59-41(44(37)54-40)25-39-38(49(59)65)28-69-50(66)52(39,68)8-3/h11-16,23-26,30,38-39,61-62,68H,6-10,17-22,27-28H2,1-5H3,(H,53,63). The Hall–Kier alpha value is -7.34. The van der Waals surface area contributed by atoms with Crippen molar-refractivity contribution in [1.29, 1.82) is 0 Å². The fourth-order valence-corrected chi connectivity index (χ4v) is 10.3. The fourth-order valence-electron chi connectivity index (χ4n) is 10.3. The lowest BCUT2D eigenvalue weighted by molar-refractivity contribution is -0.190. The Balaban J connectivity index is 0.871. The van der Waals surface area contributed by atoms with Gasteiger partial charge in [-0.05, 0) is 98.9 Å². The second-order valence-corrected chi connectivity index (χ2v) is 18.6. The van der Waals surface area contributed by atoms with Crippen LogP contribution < -0.4 is 10.1 Å². The normalized spacial score (nSPS) is 19.8. The Bertz CT molecular complexity index is 2940. The van der Waals surface area contributed by atoms with Crippen LogP contribution in [-0.4, -0.2) is 125 Å². The number of likely N-dealkylation sites (tertiary alicyclic amines) is 1. The van der Waals surface area contributed by atoms with Gasteiger partial charge in [0.1, 0.15) is 23.9 Å². The molecule has 5 aromatic rings. The molecule has 2 saturated heterocycles. The number of rotatable bonds is 13. The van der Waals surface area contributed by atoms with E-state index in [0.29, 0.717) is 67.5 Å². The number of hydrogen-bond donors (Lipinski definition) is 4. The Morgan fingerprint density at radius 3 is 2.43 bits per heavy atom. The first kappa shape index (κ1) is 47.7. The Morgan fingerprint density at radius 1 is 0.971 bits per heavy atom. The van der Waals surface area contributed by atoms with Gasteiger partial charge in [-0.15, -0.1) is 10.2 Å². The number of fused-ring (bicyclic) bond motifs is 5. The summed E-state index contributed by atoms with van der Waals surface area (Å²) in [6.45, 7) is 9.58. The minimum Gasteiger partial charge on any atom is -0.507 e. The molecule has 2 aromatic heterocycles. The van der Waals surface area contributed by atoms with Crippen molar-refractivity contribution in [1.82, 2.24) is 39.8 Å². The summed E-state index contributed by atoms with van der Waals surface area (Å²) in [4.78, 5) is 76.6. The predicted octanol–water partition coefficient (Wildman–Crippen LogP) is 6.16. The zero-order valence-corrected chi connectivity index (χ0v) is 40.0. The van der Waals surface area contributed by atoms with Crippen LogP contribution in [0.25, 0.3) is 33.7 Å². The molecular formula is C52H58N8O10. The number of aromatic hydroxyl groups is 2. The van der Waals surface area contributed by atoms with Crippen LogP contribution in [0.15, 0.2) is 60.7 Å². The SMILES string of the molecule is CCCCN(C)C(=O)c1cc(-c2nnc(C(=O)NCC)n2-c2ccc(CC3CCN(C(=O)Oc4ccc5nc6c(c(CC)c5c4)CN4C(=O)C5COC(=O)C(O)(CC)C5C=C64)CC3)cc2)c(O)cc1O. The highest BCUT2D eigenvalue weighted by molar-refractivity contribution is 6.00. The number of pyridine rings is 1. The van der Waals surface area contributed by atoms with Crippen molar-refractivity contribution in [3.63, 3.8) is 0 Å². The number of piperidine rings is 1. The number of phenolic OH excluding ortho intramolecular Hbond substituents is 2. The van der Waals surface area contributed by atoms with E-state index in [1.165, 1.54) is 15.5 Å².